The Labute approximate surface area is 429 Å². The number of nitrogens with zero attached hydrogens (tertiary/aromatic N) is 4. The Kier molecular flexibility index (Phi) is 13.6. The van der Waals surface area contributed by atoms with Crippen LogP contribution in [-0.2, 0) is 35.1 Å². The topological polar surface area (TPSA) is 123 Å². The number of hydrogen-bond donors (Lipinski definition) is 1. The van der Waals surface area contributed by atoms with Crippen molar-refractivity contribution in [2.45, 2.75) is 170 Å². The minimum Gasteiger partial charge on any atom is -0.481 e. The molecule has 2 aromatic rings. The molecular weight excluding hydrogens is 908 g/mol. The second-order valence-electron chi connectivity index (χ2n) is 26.6. The number of amides is 1. The second kappa shape index (κ2) is 18.9. The number of rotatable bonds is 14. The largest absolute Gasteiger partial charge is 0.481 e. The number of carboxylic acid groups (broad SMARTS) is 1. The minimum absolute atomic E-state index is 0.0161. The van der Waals surface area contributed by atoms with Crippen LogP contribution in [0.3, 0.4) is 0 Å². The van der Waals surface area contributed by atoms with E-state index in [-0.39, 0.29) is 69.4 Å². The van der Waals surface area contributed by atoms with Crippen molar-refractivity contribution in [3.63, 3.8) is 0 Å². The van der Waals surface area contributed by atoms with Gasteiger partial charge in [0.05, 0.1) is 48.3 Å². The van der Waals surface area contributed by atoms with Crippen LogP contribution in [-0.4, -0.2) is 101 Å². The van der Waals surface area contributed by atoms with Gasteiger partial charge in [0.15, 0.2) is 0 Å². The summed E-state index contributed by atoms with van der Waals surface area (Å²) in [6, 6.07) is 6.42. The lowest BCUT2D eigenvalue weighted by Gasteiger charge is -2.73. The molecule has 6 aliphatic carbocycles. The number of likely N-dealkylation sites (tertiary alicyclic amines) is 2. The average molecular weight is 995 g/mol. The van der Waals surface area contributed by atoms with Crippen LogP contribution in [0.1, 0.15) is 157 Å². The molecule has 396 valence electrons. The summed E-state index contributed by atoms with van der Waals surface area (Å²) in [6.07, 6.45) is 15.1. The summed E-state index contributed by atoms with van der Waals surface area (Å²) in [5.74, 6) is 0.560. The molecule has 11 nitrogen and oxygen atoms in total. The van der Waals surface area contributed by atoms with Gasteiger partial charge in [0.1, 0.15) is 17.7 Å². The number of aliphatic carboxylic acids is 1. The van der Waals surface area contributed by atoms with Gasteiger partial charge in [0, 0.05) is 50.3 Å². The number of ether oxygens (including phenoxy) is 3. The van der Waals surface area contributed by atoms with Gasteiger partial charge in [0.25, 0.3) is 0 Å². The first-order valence-corrected chi connectivity index (χ1v) is 28.2. The molecule has 8 aliphatic rings. The highest BCUT2D eigenvalue weighted by molar-refractivity contribution is 5.85. The van der Waals surface area contributed by atoms with Crippen LogP contribution in [0.5, 0.6) is 0 Å². The third-order valence-electron chi connectivity index (χ3n) is 22.8. The number of aromatic nitrogens is 2. The van der Waals surface area contributed by atoms with Crippen molar-refractivity contribution in [3.8, 4) is 11.3 Å². The molecule has 0 radical (unpaired) electrons. The van der Waals surface area contributed by atoms with E-state index in [1.807, 2.05) is 19.9 Å². The van der Waals surface area contributed by atoms with E-state index in [1.54, 1.807) is 19.2 Å². The number of hydrogen-bond acceptors (Lipinski definition) is 8. The van der Waals surface area contributed by atoms with Gasteiger partial charge in [0.2, 0.25) is 5.91 Å². The van der Waals surface area contributed by atoms with Crippen molar-refractivity contribution in [2.24, 2.45) is 73.9 Å². The van der Waals surface area contributed by atoms with Crippen molar-refractivity contribution in [1.29, 1.82) is 0 Å². The predicted octanol–water partition coefficient (Wildman–Crippen LogP) is 11.4. The number of carboxylic acids is 1. The molecule has 0 bridgehead atoms. The summed E-state index contributed by atoms with van der Waals surface area (Å²) in [7, 11) is 1.69. The molecule has 0 spiro atoms. The standard InChI is InChI=1S/C60H87FN4O7/c1-37(2)41-18-23-60(54(69)65-35-40(71-31-30-70-10)33-46(65)51-62-45(38-14-13-15-39(61)32-38)36-64(51)29-28-63-26-11-12-27-63)25-24-58(8)42(50(41)60)16-17-48-57(7)21-20-49(56(5,6)47(57)19-22-59(48,58)9)72-53(68)44-34-43(52(66)67)55(44,3)4/h13-15,32,36,40-44,46-50H,1,11-12,16-31,33-35H2,2-10H3,(H,66,67)/t40-,41+,42-,43+,44-,46+,47+,48-,49+,50-,57+,58-,59-,60+/m1/s1. The zero-order chi connectivity index (χ0) is 51.3. The van der Waals surface area contributed by atoms with Gasteiger partial charge < -0.3 is 33.7 Å². The van der Waals surface area contributed by atoms with E-state index in [0.717, 1.165) is 107 Å². The lowest BCUT2D eigenvalue weighted by Crippen LogP contribution is -2.67. The van der Waals surface area contributed by atoms with Crippen LogP contribution in [0.4, 0.5) is 4.39 Å². The lowest BCUT2D eigenvalue weighted by molar-refractivity contribution is -0.251. The second-order valence-corrected chi connectivity index (χ2v) is 26.6. The Balaban J connectivity index is 0.942. The number of methoxy groups -OCH3 is 1. The van der Waals surface area contributed by atoms with Crippen LogP contribution >= 0.6 is 0 Å². The van der Waals surface area contributed by atoms with Crippen molar-refractivity contribution in [3.05, 3.63) is 54.3 Å². The molecule has 1 aromatic heterocycles. The van der Waals surface area contributed by atoms with Gasteiger partial charge in [-0.2, -0.15) is 0 Å². The molecule has 1 amide bonds. The van der Waals surface area contributed by atoms with Gasteiger partial charge in [-0.25, -0.2) is 9.37 Å². The molecule has 12 heteroatoms. The number of halogens is 1. The summed E-state index contributed by atoms with van der Waals surface area (Å²) < 4.78 is 35.5. The monoisotopic (exact) mass is 995 g/mol. The molecule has 10 rings (SSSR count). The highest BCUT2D eigenvalue weighted by Gasteiger charge is 2.73. The summed E-state index contributed by atoms with van der Waals surface area (Å²) in [5.41, 5.74) is 1.43. The van der Waals surface area contributed by atoms with E-state index in [2.05, 4.69) is 68.7 Å². The molecule has 0 unspecified atom stereocenters. The Morgan fingerprint density at radius 3 is 2.31 bits per heavy atom. The summed E-state index contributed by atoms with van der Waals surface area (Å²) in [5, 5.41) is 9.78. The molecule has 1 aromatic carbocycles. The molecule has 2 aliphatic heterocycles. The van der Waals surface area contributed by atoms with Crippen LogP contribution in [0.2, 0.25) is 0 Å². The molecule has 2 saturated heterocycles. The van der Waals surface area contributed by atoms with E-state index in [9.17, 15) is 19.1 Å². The average Bonchev–Trinajstić information content (AvgIpc) is 4.15. The highest BCUT2D eigenvalue weighted by Crippen LogP contribution is 2.78. The van der Waals surface area contributed by atoms with Crippen molar-refractivity contribution in [1.82, 2.24) is 19.4 Å². The van der Waals surface area contributed by atoms with Gasteiger partial charge >= 0.3 is 11.9 Å². The van der Waals surface area contributed by atoms with Crippen LogP contribution in [0.25, 0.3) is 11.3 Å². The number of carbonyl (C=O) groups is 3. The summed E-state index contributed by atoms with van der Waals surface area (Å²) in [4.78, 5) is 52.2. The first-order valence-electron chi connectivity index (χ1n) is 28.2. The fraction of sp³-hybridized carbons (Fsp3) is 0.767. The van der Waals surface area contributed by atoms with Crippen LogP contribution in [0, 0.1) is 79.7 Å². The van der Waals surface area contributed by atoms with Crippen molar-refractivity contribution < 1.29 is 38.1 Å². The Hall–Kier alpha value is -3.61. The summed E-state index contributed by atoms with van der Waals surface area (Å²) >= 11 is 0. The number of imidazole rings is 1. The molecule has 14 atom stereocenters. The maximum Gasteiger partial charge on any atom is 0.309 e. The normalized spacial score (nSPS) is 39.8. The Morgan fingerprint density at radius 2 is 1.61 bits per heavy atom. The van der Waals surface area contributed by atoms with Gasteiger partial charge in [-0.15, -0.1) is 0 Å². The molecule has 3 heterocycles. The van der Waals surface area contributed by atoms with Crippen LogP contribution < -0.4 is 0 Å². The number of carbonyl (C=O) groups excluding carboxylic acids is 2. The number of fused-ring (bicyclic) bond motifs is 7. The third-order valence-corrected chi connectivity index (χ3v) is 22.8. The van der Waals surface area contributed by atoms with Gasteiger partial charge in [-0.1, -0.05) is 72.8 Å². The predicted molar refractivity (Wildman–Crippen MR) is 276 cm³/mol. The molecule has 1 N–H and O–H groups in total. The van der Waals surface area contributed by atoms with Crippen LogP contribution in [0.15, 0.2) is 42.6 Å². The van der Waals surface area contributed by atoms with Gasteiger partial charge in [-0.3, -0.25) is 14.4 Å². The SMILES string of the molecule is C=C(C)[C@@H]1CC[C@]2(C(=O)N3C[C@H](OCCOC)C[C@H]3c3nc(-c4cccc(F)c4)cn3CCN3CCCC3)CC[C@]3(C)[C@H](CC[C@@H]4[C@@]5(C)CC[C@H](OC(=O)[C@H]6C[C@@H](C(=O)O)C6(C)C)C(C)(C)[C@@H]5CC[C@]43C)[C@@H]12. The fourth-order valence-corrected chi connectivity index (χ4v) is 18.6. The maximum absolute atomic E-state index is 16.4. The summed E-state index contributed by atoms with van der Waals surface area (Å²) in [6.45, 7) is 28.5. The zero-order valence-corrected chi connectivity index (χ0v) is 45.3. The first-order chi connectivity index (χ1) is 34.1. The maximum atomic E-state index is 16.4. The zero-order valence-electron chi connectivity index (χ0n) is 45.3. The molecule has 6 saturated carbocycles. The quantitative estimate of drug-likeness (QED) is 0.112. The molecule has 8 fully saturated rings. The lowest BCUT2D eigenvalue weighted by atomic mass is 9.32. The number of benzene rings is 1. The smallest absolute Gasteiger partial charge is 0.309 e. The van der Waals surface area contributed by atoms with E-state index in [1.165, 1.54) is 24.5 Å². The Morgan fingerprint density at radius 1 is 0.847 bits per heavy atom. The van der Waals surface area contributed by atoms with Crippen molar-refractivity contribution in [2.75, 3.05) is 46.5 Å². The molecule has 72 heavy (non-hydrogen) atoms. The Bertz CT molecular complexity index is 2410. The fourth-order valence-electron chi connectivity index (χ4n) is 18.6. The minimum atomic E-state index is -0.830. The van der Waals surface area contributed by atoms with Gasteiger partial charge in [-0.05, 0) is 167 Å². The van der Waals surface area contributed by atoms with E-state index < -0.39 is 28.6 Å². The van der Waals surface area contributed by atoms with E-state index in [0.29, 0.717) is 50.4 Å². The van der Waals surface area contributed by atoms with E-state index in [4.69, 9.17) is 19.2 Å². The molecular formula is C60H87FN4O7. The number of esters is 1. The van der Waals surface area contributed by atoms with E-state index >= 15 is 4.79 Å². The highest BCUT2D eigenvalue weighted by atomic mass is 19.1. The first kappa shape index (κ1) is 51.9. The van der Waals surface area contributed by atoms with Crippen molar-refractivity contribution >= 4 is 17.8 Å². The third kappa shape index (κ3) is 8.17. The number of allylic oxidation sites excluding steroid dienone is 1.